The van der Waals surface area contributed by atoms with Gasteiger partial charge in [-0.1, -0.05) is 44.2 Å². The van der Waals surface area contributed by atoms with Crippen LogP contribution >= 0.6 is 0 Å². The first-order chi connectivity index (χ1) is 19.4. The molecule has 0 radical (unpaired) electrons. The van der Waals surface area contributed by atoms with Gasteiger partial charge >= 0.3 is 5.97 Å². The molecule has 2 aliphatic heterocycles. The number of ether oxygens (including phenoxy) is 1. The van der Waals surface area contributed by atoms with Crippen molar-refractivity contribution in [3.63, 3.8) is 0 Å². The predicted octanol–water partition coefficient (Wildman–Crippen LogP) is 2.01. The monoisotopic (exact) mass is 565 g/mol. The zero-order chi connectivity index (χ0) is 29.9. The number of cyclic esters (lactones) is 1. The molecule has 2 aliphatic rings. The Morgan fingerprint density at radius 2 is 1.85 bits per heavy atom. The van der Waals surface area contributed by atoms with Crippen molar-refractivity contribution in [1.29, 1.82) is 0 Å². The van der Waals surface area contributed by atoms with Crippen LogP contribution in [-0.4, -0.2) is 70.1 Å². The summed E-state index contributed by atoms with van der Waals surface area (Å²) < 4.78 is 5.73. The van der Waals surface area contributed by atoms with E-state index in [1.807, 2.05) is 24.3 Å². The van der Waals surface area contributed by atoms with Gasteiger partial charge in [-0.05, 0) is 57.2 Å². The number of aliphatic hydroxyl groups excluding tert-OH is 1. The van der Waals surface area contributed by atoms with Crippen molar-refractivity contribution in [1.82, 2.24) is 26.1 Å². The van der Waals surface area contributed by atoms with Gasteiger partial charge in [0.05, 0.1) is 23.2 Å². The van der Waals surface area contributed by atoms with Gasteiger partial charge in [-0.3, -0.25) is 24.2 Å². The van der Waals surface area contributed by atoms with E-state index in [-0.39, 0.29) is 5.92 Å². The molecule has 4 rings (SSSR count). The van der Waals surface area contributed by atoms with Crippen LogP contribution < -0.4 is 16.1 Å². The molecule has 0 saturated carbocycles. The van der Waals surface area contributed by atoms with E-state index < -0.39 is 59.9 Å². The molecule has 5 atom stereocenters. The lowest BCUT2D eigenvalue weighted by molar-refractivity contribution is -0.157. The van der Waals surface area contributed by atoms with Crippen LogP contribution in [0, 0.1) is 11.3 Å². The summed E-state index contributed by atoms with van der Waals surface area (Å²) >= 11 is 0. The van der Waals surface area contributed by atoms with Crippen LogP contribution in [0.4, 0.5) is 0 Å². The molecule has 11 heteroatoms. The molecule has 1 saturated heterocycles. The number of hydrogen-bond acceptors (Lipinski definition) is 8. The topological polar surface area (TPSA) is 150 Å². The fraction of sp³-hybridized carbons (Fsp3) is 0.500. The van der Waals surface area contributed by atoms with E-state index in [9.17, 15) is 24.3 Å². The fourth-order valence-corrected chi connectivity index (χ4v) is 4.83. The first-order valence-electron chi connectivity index (χ1n) is 14.0. The van der Waals surface area contributed by atoms with Crippen LogP contribution in [0.15, 0.2) is 36.4 Å². The normalized spacial score (nSPS) is 28.4. The maximum absolute atomic E-state index is 13.4. The molecule has 3 heterocycles. The average Bonchev–Trinajstić information content (AvgIpc) is 2.96. The van der Waals surface area contributed by atoms with Gasteiger partial charge in [-0.15, -0.1) is 0 Å². The number of nitrogens with zero attached hydrogens (tertiary/aromatic N) is 2. The number of pyridine rings is 1. The minimum Gasteiger partial charge on any atom is -0.455 e. The Morgan fingerprint density at radius 3 is 2.56 bits per heavy atom. The van der Waals surface area contributed by atoms with Crippen LogP contribution in [0.2, 0.25) is 0 Å². The second kappa shape index (κ2) is 12.4. The Bertz CT molecular complexity index is 1360. The highest BCUT2D eigenvalue weighted by atomic mass is 16.5. The van der Waals surface area contributed by atoms with Gasteiger partial charge in [-0.25, -0.2) is 10.4 Å². The number of amides is 3. The number of nitrogens with one attached hydrogen (secondary N) is 3. The first kappa shape index (κ1) is 30.1. The summed E-state index contributed by atoms with van der Waals surface area (Å²) in [5, 5.41) is 17.9. The molecule has 41 heavy (non-hydrogen) atoms. The molecule has 1 aromatic carbocycles. The SMILES string of the molecule is CC1NC(=O)C(C(C)C)NC(=O)C(C)(CO)C=Cc2ccc3ccc(nc3c2)C(C)OC(=O)C2CCCN(N2)C1=O. The summed E-state index contributed by atoms with van der Waals surface area (Å²) in [4.78, 5) is 57.5. The molecule has 11 nitrogen and oxygen atoms in total. The second-order valence-corrected chi connectivity index (χ2v) is 11.4. The maximum atomic E-state index is 13.4. The quantitative estimate of drug-likeness (QED) is 0.404. The molecule has 220 valence electrons. The van der Waals surface area contributed by atoms with Gasteiger partial charge in [0.2, 0.25) is 11.8 Å². The van der Waals surface area contributed by atoms with Crippen LogP contribution in [-0.2, 0) is 23.9 Å². The number of fused-ring (bicyclic) bond motifs is 4. The molecule has 5 unspecified atom stereocenters. The number of aromatic nitrogens is 1. The van der Waals surface area contributed by atoms with Gasteiger partial charge in [0.25, 0.3) is 5.91 Å². The van der Waals surface area contributed by atoms with Crippen LogP contribution in [0.25, 0.3) is 17.0 Å². The second-order valence-electron chi connectivity index (χ2n) is 11.4. The number of carbonyl (C=O) groups is 4. The van der Waals surface area contributed by atoms with E-state index in [4.69, 9.17) is 9.72 Å². The summed E-state index contributed by atoms with van der Waals surface area (Å²) in [6.45, 7) is 8.31. The van der Waals surface area contributed by atoms with Crippen molar-refractivity contribution >= 4 is 40.7 Å². The molecular formula is C30H39N5O6. The minimum atomic E-state index is -1.33. The molecule has 1 aromatic heterocycles. The van der Waals surface area contributed by atoms with Crippen LogP contribution in [0.5, 0.6) is 0 Å². The lowest BCUT2D eigenvalue weighted by Gasteiger charge is -2.35. The Morgan fingerprint density at radius 1 is 1.12 bits per heavy atom. The third-order valence-corrected chi connectivity index (χ3v) is 7.64. The van der Waals surface area contributed by atoms with Gasteiger partial charge in [0.15, 0.2) is 0 Å². The molecule has 0 aliphatic carbocycles. The van der Waals surface area contributed by atoms with Gasteiger partial charge in [0, 0.05) is 11.9 Å². The third kappa shape index (κ3) is 6.74. The van der Waals surface area contributed by atoms with E-state index in [2.05, 4.69) is 16.1 Å². The van der Waals surface area contributed by atoms with E-state index >= 15 is 0 Å². The van der Waals surface area contributed by atoms with Crippen molar-refractivity contribution in [2.75, 3.05) is 13.2 Å². The lowest BCUT2D eigenvalue weighted by Crippen LogP contribution is -2.61. The van der Waals surface area contributed by atoms with Crippen molar-refractivity contribution in [3.8, 4) is 0 Å². The summed E-state index contributed by atoms with van der Waals surface area (Å²) in [5.41, 5.74) is 3.62. The predicted molar refractivity (Wildman–Crippen MR) is 153 cm³/mol. The number of hydrogen-bond donors (Lipinski definition) is 4. The molecular weight excluding hydrogens is 526 g/mol. The van der Waals surface area contributed by atoms with Crippen molar-refractivity contribution in [2.45, 2.75) is 71.7 Å². The zero-order valence-corrected chi connectivity index (χ0v) is 24.1. The highest BCUT2D eigenvalue weighted by molar-refractivity contribution is 5.94. The summed E-state index contributed by atoms with van der Waals surface area (Å²) in [5.74, 6) is -2.27. The van der Waals surface area contributed by atoms with Crippen molar-refractivity contribution < 1.29 is 29.0 Å². The van der Waals surface area contributed by atoms with Gasteiger partial charge < -0.3 is 20.5 Å². The minimum absolute atomic E-state index is 0.301. The average molecular weight is 566 g/mol. The standard InChI is InChI=1S/C30H39N5O6/c1-17(2)25-26(37)31-18(3)27(38)35-14-6-7-23(34-35)28(39)41-19(4)22-11-10-21-9-8-20(15-24(21)32-22)12-13-30(5,16-36)29(40)33-25/h8-13,15,17-19,23,25,34,36H,6-7,14,16H2,1-5H3,(H,31,37)(H,33,40). The van der Waals surface area contributed by atoms with Gasteiger partial charge in [-0.2, -0.15) is 0 Å². The Balaban J connectivity index is 1.72. The third-order valence-electron chi connectivity index (χ3n) is 7.64. The number of aliphatic hydroxyl groups is 1. The van der Waals surface area contributed by atoms with E-state index in [1.165, 1.54) is 5.01 Å². The highest BCUT2D eigenvalue weighted by Gasteiger charge is 2.36. The Kier molecular flexibility index (Phi) is 9.08. The Hall–Kier alpha value is -3.83. The highest BCUT2D eigenvalue weighted by Crippen LogP contribution is 2.25. The zero-order valence-electron chi connectivity index (χ0n) is 24.1. The van der Waals surface area contributed by atoms with Crippen molar-refractivity contribution in [3.05, 3.63) is 47.7 Å². The smallest absolute Gasteiger partial charge is 0.325 e. The van der Waals surface area contributed by atoms with Crippen LogP contribution in [0.1, 0.15) is 64.8 Å². The number of hydrazine groups is 1. The molecule has 4 N–H and O–H groups in total. The lowest BCUT2D eigenvalue weighted by atomic mass is 9.88. The summed E-state index contributed by atoms with van der Waals surface area (Å²) in [6.07, 6.45) is 3.74. The van der Waals surface area contributed by atoms with E-state index in [0.717, 1.165) is 10.9 Å². The largest absolute Gasteiger partial charge is 0.455 e. The molecule has 3 amide bonds. The summed E-state index contributed by atoms with van der Waals surface area (Å²) in [7, 11) is 0. The number of esters is 1. The van der Waals surface area contributed by atoms with Crippen molar-refractivity contribution in [2.24, 2.45) is 11.3 Å². The summed E-state index contributed by atoms with van der Waals surface area (Å²) in [6, 6.07) is 6.70. The fourth-order valence-electron chi connectivity index (χ4n) is 4.83. The Labute approximate surface area is 239 Å². The first-order valence-corrected chi connectivity index (χ1v) is 14.0. The molecule has 0 spiro atoms. The molecule has 5 bridgehead atoms. The maximum Gasteiger partial charge on any atom is 0.325 e. The number of rotatable bonds is 2. The van der Waals surface area contributed by atoms with Gasteiger partial charge in [0.1, 0.15) is 24.2 Å². The molecule has 1 fully saturated rings. The number of carbonyl (C=O) groups excluding carboxylic acids is 4. The van der Waals surface area contributed by atoms with E-state index in [0.29, 0.717) is 30.6 Å². The van der Waals surface area contributed by atoms with Crippen LogP contribution in [0.3, 0.4) is 0 Å². The molecule has 2 aromatic rings. The van der Waals surface area contributed by atoms with E-state index in [1.54, 1.807) is 52.8 Å². The number of benzene rings is 1.